The molecule has 5 rings (SSSR count). The molecule has 0 bridgehead atoms. The Morgan fingerprint density at radius 2 is 1.48 bits per heavy atom. The maximum atomic E-state index is 13.5. The summed E-state index contributed by atoms with van der Waals surface area (Å²) in [4.78, 5) is 20.3. The Labute approximate surface area is 171 Å². The molecule has 1 atom stereocenters. The second kappa shape index (κ2) is 6.15. The Morgan fingerprint density at radius 3 is 2.17 bits per heavy atom. The Morgan fingerprint density at radius 1 is 0.828 bits per heavy atom. The zero-order chi connectivity index (χ0) is 20.2. The summed E-state index contributed by atoms with van der Waals surface area (Å²) in [5, 5.41) is 0. The summed E-state index contributed by atoms with van der Waals surface area (Å²) in [5.74, 6) is -0.00332. The highest BCUT2D eigenvalue weighted by atomic mass is 16.2. The van der Waals surface area contributed by atoms with Gasteiger partial charge in [-0.15, -0.1) is 0 Å². The predicted molar refractivity (Wildman–Crippen MR) is 118 cm³/mol. The molecule has 0 N–H and O–H groups in total. The first kappa shape index (κ1) is 17.9. The molecule has 0 saturated carbocycles. The third kappa shape index (κ3) is 2.57. The van der Waals surface area contributed by atoms with Gasteiger partial charge in [-0.3, -0.25) is 4.79 Å². The van der Waals surface area contributed by atoms with Crippen LogP contribution in [-0.4, -0.2) is 17.2 Å². The first-order valence-electron chi connectivity index (χ1n) is 10.1. The van der Waals surface area contributed by atoms with Crippen LogP contribution in [0.25, 0.3) is 0 Å². The standard InChI is InChI=1S/C26H24N2O/c1-25(2)17-26(3,18-11-6-4-7-12-18)21-16-10-15-20-22(24(29)28(25)23(20)21)27-19-13-8-5-9-14-19/h4-16H,17H2,1-3H3/t26-/m1/s1. The highest BCUT2D eigenvalue weighted by Crippen LogP contribution is 2.53. The number of amides is 1. The Balaban J connectivity index is 1.77. The summed E-state index contributed by atoms with van der Waals surface area (Å²) in [6.45, 7) is 6.63. The number of anilines is 1. The Bertz CT molecular complexity index is 1130. The van der Waals surface area contributed by atoms with Gasteiger partial charge in [0.25, 0.3) is 5.91 Å². The Kier molecular flexibility index (Phi) is 3.79. The van der Waals surface area contributed by atoms with Crippen molar-refractivity contribution in [1.29, 1.82) is 0 Å². The third-order valence-electron chi connectivity index (χ3n) is 6.31. The molecular weight excluding hydrogens is 356 g/mol. The maximum absolute atomic E-state index is 13.5. The van der Waals surface area contributed by atoms with Crippen LogP contribution < -0.4 is 4.90 Å². The average Bonchev–Trinajstić information content (AvgIpc) is 3.01. The fourth-order valence-electron chi connectivity index (χ4n) is 5.16. The monoisotopic (exact) mass is 380 g/mol. The van der Waals surface area contributed by atoms with Gasteiger partial charge in [0.1, 0.15) is 5.71 Å². The number of carbonyl (C=O) groups excluding carboxylic acids is 1. The predicted octanol–water partition coefficient (Wildman–Crippen LogP) is 5.64. The van der Waals surface area contributed by atoms with Crippen molar-refractivity contribution in [2.45, 2.75) is 38.1 Å². The lowest BCUT2D eigenvalue weighted by Gasteiger charge is -2.49. The summed E-state index contributed by atoms with van der Waals surface area (Å²) >= 11 is 0. The van der Waals surface area contributed by atoms with Crippen LogP contribution in [0, 0.1) is 0 Å². The van der Waals surface area contributed by atoms with E-state index < -0.39 is 0 Å². The van der Waals surface area contributed by atoms with E-state index in [9.17, 15) is 4.79 Å². The van der Waals surface area contributed by atoms with Crippen molar-refractivity contribution in [1.82, 2.24) is 0 Å². The van der Waals surface area contributed by atoms with Crippen molar-refractivity contribution in [3.8, 4) is 0 Å². The third-order valence-corrected chi connectivity index (χ3v) is 6.31. The largest absolute Gasteiger partial charge is 0.300 e. The van der Waals surface area contributed by atoms with Crippen LogP contribution in [0.15, 0.2) is 83.9 Å². The van der Waals surface area contributed by atoms with Gasteiger partial charge in [0, 0.05) is 16.5 Å². The molecule has 0 unspecified atom stereocenters. The van der Waals surface area contributed by atoms with Gasteiger partial charge < -0.3 is 4.90 Å². The fourth-order valence-corrected chi connectivity index (χ4v) is 5.16. The lowest BCUT2D eigenvalue weighted by atomic mass is 9.65. The molecule has 0 saturated heterocycles. The van der Waals surface area contributed by atoms with Crippen molar-refractivity contribution in [3.05, 3.63) is 95.6 Å². The quantitative estimate of drug-likeness (QED) is 0.566. The molecule has 2 heterocycles. The summed E-state index contributed by atoms with van der Waals surface area (Å²) in [6, 6.07) is 26.6. The van der Waals surface area contributed by atoms with Gasteiger partial charge in [-0.2, -0.15) is 0 Å². The smallest absolute Gasteiger partial charge is 0.278 e. The van der Waals surface area contributed by atoms with Crippen LogP contribution >= 0.6 is 0 Å². The van der Waals surface area contributed by atoms with Crippen LogP contribution in [0.3, 0.4) is 0 Å². The molecule has 2 aliphatic heterocycles. The number of carbonyl (C=O) groups is 1. The van der Waals surface area contributed by atoms with Crippen LogP contribution in [0.2, 0.25) is 0 Å². The molecule has 0 aromatic heterocycles. The van der Waals surface area contributed by atoms with Crippen LogP contribution in [0.4, 0.5) is 11.4 Å². The minimum Gasteiger partial charge on any atom is -0.300 e. The number of hydrogen-bond acceptors (Lipinski definition) is 2. The molecular formula is C26H24N2O. The second-order valence-electron chi connectivity index (χ2n) is 8.83. The molecule has 0 fully saturated rings. The van der Waals surface area contributed by atoms with E-state index in [4.69, 9.17) is 4.99 Å². The maximum Gasteiger partial charge on any atom is 0.278 e. The van der Waals surface area contributed by atoms with Crippen molar-refractivity contribution in [2.24, 2.45) is 4.99 Å². The molecule has 3 nitrogen and oxygen atoms in total. The van der Waals surface area contributed by atoms with E-state index in [0.717, 1.165) is 23.4 Å². The molecule has 1 amide bonds. The zero-order valence-electron chi connectivity index (χ0n) is 17.0. The number of nitrogens with zero attached hydrogens (tertiary/aromatic N) is 2. The summed E-state index contributed by atoms with van der Waals surface area (Å²) in [7, 11) is 0. The van der Waals surface area contributed by atoms with Gasteiger partial charge in [-0.05, 0) is 43.5 Å². The van der Waals surface area contributed by atoms with E-state index in [1.54, 1.807) is 0 Å². The first-order valence-corrected chi connectivity index (χ1v) is 10.1. The van der Waals surface area contributed by atoms with Crippen molar-refractivity contribution in [3.63, 3.8) is 0 Å². The first-order chi connectivity index (χ1) is 13.9. The second-order valence-corrected chi connectivity index (χ2v) is 8.83. The number of rotatable bonds is 2. The highest BCUT2D eigenvalue weighted by Gasteiger charge is 2.52. The molecule has 3 aromatic rings. The summed E-state index contributed by atoms with van der Waals surface area (Å²) < 4.78 is 0. The molecule has 3 aromatic carbocycles. The van der Waals surface area contributed by atoms with E-state index in [0.29, 0.717) is 5.71 Å². The van der Waals surface area contributed by atoms with Crippen molar-refractivity contribution in [2.75, 3.05) is 4.90 Å². The van der Waals surface area contributed by atoms with Crippen molar-refractivity contribution >= 4 is 23.0 Å². The number of hydrogen-bond donors (Lipinski definition) is 0. The van der Waals surface area contributed by atoms with E-state index >= 15 is 0 Å². The highest BCUT2D eigenvalue weighted by molar-refractivity contribution is 6.55. The zero-order valence-corrected chi connectivity index (χ0v) is 17.0. The molecule has 0 radical (unpaired) electrons. The fraction of sp³-hybridized carbons (Fsp3) is 0.231. The number of benzene rings is 3. The van der Waals surface area contributed by atoms with Crippen LogP contribution in [0.5, 0.6) is 0 Å². The molecule has 29 heavy (non-hydrogen) atoms. The Hall–Kier alpha value is -3.20. The summed E-state index contributed by atoms with van der Waals surface area (Å²) in [5.41, 5.74) is 5.29. The topological polar surface area (TPSA) is 32.7 Å². The van der Waals surface area contributed by atoms with E-state index in [1.807, 2.05) is 41.3 Å². The molecule has 3 heteroatoms. The summed E-state index contributed by atoms with van der Waals surface area (Å²) in [6.07, 6.45) is 0.852. The van der Waals surface area contributed by atoms with Gasteiger partial charge in [-0.1, -0.05) is 73.7 Å². The van der Waals surface area contributed by atoms with Gasteiger partial charge in [0.2, 0.25) is 0 Å². The van der Waals surface area contributed by atoms with Crippen molar-refractivity contribution < 1.29 is 4.79 Å². The van der Waals surface area contributed by atoms with E-state index in [2.05, 4.69) is 63.2 Å². The van der Waals surface area contributed by atoms with Crippen LogP contribution in [0.1, 0.15) is 43.9 Å². The molecule has 144 valence electrons. The minimum atomic E-state index is -0.321. The van der Waals surface area contributed by atoms with Gasteiger partial charge in [-0.25, -0.2) is 4.99 Å². The molecule has 0 aliphatic carbocycles. The normalized spacial score (nSPS) is 23.3. The molecule has 2 aliphatic rings. The van der Waals surface area contributed by atoms with Crippen LogP contribution in [-0.2, 0) is 10.2 Å². The van der Waals surface area contributed by atoms with E-state index in [-0.39, 0.29) is 16.9 Å². The average molecular weight is 380 g/mol. The minimum absolute atomic E-state index is 0.00332. The number of para-hydroxylation sites is 2. The van der Waals surface area contributed by atoms with Gasteiger partial charge >= 0.3 is 0 Å². The van der Waals surface area contributed by atoms with Gasteiger partial charge in [0.15, 0.2) is 0 Å². The lowest BCUT2D eigenvalue weighted by Crippen LogP contribution is -2.54. The SMILES string of the molecule is CC1(C)C[C@](C)(c2ccccc2)c2cccc3c2N1C(=O)C3=Nc1ccccc1. The molecule has 0 spiro atoms. The van der Waals surface area contributed by atoms with E-state index in [1.165, 1.54) is 11.1 Å². The lowest BCUT2D eigenvalue weighted by molar-refractivity contribution is -0.113. The van der Waals surface area contributed by atoms with Gasteiger partial charge in [0.05, 0.1) is 11.4 Å². The number of aliphatic imine (C=N–C) groups is 1.